The highest BCUT2D eigenvalue weighted by molar-refractivity contribution is 6.22. The summed E-state index contributed by atoms with van der Waals surface area (Å²) in [7, 11) is 0. The third kappa shape index (κ3) is 1.66. The van der Waals surface area contributed by atoms with Gasteiger partial charge in [0.15, 0.2) is 0 Å². The first kappa shape index (κ1) is 11.6. The van der Waals surface area contributed by atoms with Crippen LogP contribution in [0.2, 0.25) is 0 Å². The number of nitrogens with zero attached hydrogens (tertiary/aromatic N) is 2. The Balaban J connectivity index is 2.05. The summed E-state index contributed by atoms with van der Waals surface area (Å²) in [6.07, 6.45) is 3.27. The maximum Gasteiger partial charge on any atom is 0.262 e. The van der Waals surface area contributed by atoms with Crippen LogP contribution in [-0.4, -0.2) is 26.7 Å². The lowest BCUT2D eigenvalue weighted by Gasteiger charge is -2.11. The van der Waals surface area contributed by atoms with Crippen molar-refractivity contribution < 1.29 is 9.59 Å². The molecule has 0 saturated heterocycles. The van der Waals surface area contributed by atoms with Crippen LogP contribution in [0.3, 0.4) is 0 Å². The van der Waals surface area contributed by atoms with Crippen molar-refractivity contribution in [3.63, 3.8) is 0 Å². The van der Waals surface area contributed by atoms with Crippen LogP contribution in [0.5, 0.6) is 0 Å². The summed E-state index contributed by atoms with van der Waals surface area (Å²) in [5.74, 6) is 0.125. The molecule has 2 amide bonds. The van der Waals surface area contributed by atoms with Crippen molar-refractivity contribution >= 4 is 11.8 Å². The SMILES string of the molecule is Cc1ccc(C)c2c1C(=O)N(Cc1ncc[nH]1)C2=O. The van der Waals surface area contributed by atoms with Crippen LogP contribution in [-0.2, 0) is 6.54 Å². The number of aromatic nitrogens is 2. The van der Waals surface area contributed by atoms with Crippen molar-refractivity contribution in [2.45, 2.75) is 20.4 Å². The molecule has 0 saturated carbocycles. The van der Waals surface area contributed by atoms with E-state index < -0.39 is 0 Å². The zero-order valence-electron chi connectivity index (χ0n) is 10.7. The molecule has 1 N–H and O–H groups in total. The molecule has 19 heavy (non-hydrogen) atoms. The van der Waals surface area contributed by atoms with Crippen molar-refractivity contribution in [2.24, 2.45) is 0 Å². The van der Waals surface area contributed by atoms with Crippen LogP contribution < -0.4 is 0 Å². The summed E-state index contributed by atoms with van der Waals surface area (Å²) in [4.78, 5) is 32.9. The summed E-state index contributed by atoms with van der Waals surface area (Å²) in [6.45, 7) is 3.87. The van der Waals surface area contributed by atoms with Crippen molar-refractivity contribution in [1.82, 2.24) is 14.9 Å². The van der Waals surface area contributed by atoms with Gasteiger partial charge in [-0.15, -0.1) is 0 Å². The van der Waals surface area contributed by atoms with Gasteiger partial charge in [0.05, 0.1) is 17.7 Å². The Labute approximate surface area is 110 Å². The molecule has 0 atom stereocenters. The zero-order chi connectivity index (χ0) is 13.6. The maximum atomic E-state index is 12.4. The van der Waals surface area contributed by atoms with E-state index in [9.17, 15) is 9.59 Å². The molecule has 1 aromatic heterocycles. The van der Waals surface area contributed by atoms with Gasteiger partial charge in [-0.2, -0.15) is 0 Å². The Morgan fingerprint density at radius 2 is 1.68 bits per heavy atom. The molecule has 3 rings (SSSR count). The molecule has 96 valence electrons. The molecule has 0 fully saturated rings. The molecular weight excluding hydrogens is 242 g/mol. The van der Waals surface area contributed by atoms with Crippen molar-refractivity contribution in [3.8, 4) is 0 Å². The van der Waals surface area contributed by atoms with Gasteiger partial charge in [0.25, 0.3) is 11.8 Å². The molecule has 1 aliphatic heterocycles. The predicted octanol–water partition coefficient (Wildman–Crippen LogP) is 1.82. The first-order valence-corrected chi connectivity index (χ1v) is 6.04. The van der Waals surface area contributed by atoms with E-state index in [1.807, 2.05) is 26.0 Å². The van der Waals surface area contributed by atoms with Crippen LogP contribution in [0.4, 0.5) is 0 Å². The Morgan fingerprint density at radius 1 is 1.11 bits per heavy atom. The summed E-state index contributed by atoms with van der Waals surface area (Å²) in [6, 6.07) is 3.74. The van der Waals surface area contributed by atoms with E-state index >= 15 is 0 Å². The average molecular weight is 255 g/mol. The third-order valence-electron chi connectivity index (χ3n) is 3.40. The van der Waals surface area contributed by atoms with Crippen LogP contribution in [0.1, 0.15) is 37.7 Å². The number of fused-ring (bicyclic) bond motifs is 1. The number of carbonyl (C=O) groups excluding carboxylic acids is 2. The minimum atomic E-state index is -0.238. The lowest BCUT2D eigenvalue weighted by Crippen LogP contribution is -2.29. The van der Waals surface area contributed by atoms with Crippen LogP contribution >= 0.6 is 0 Å². The normalized spacial score (nSPS) is 14.1. The first-order valence-electron chi connectivity index (χ1n) is 6.04. The number of hydrogen-bond acceptors (Lipinski definition) is 3. The van der Waals surface area contributed by atoms with Gasteiger partial charge in [0.1, 0.15) is 5.82 Å². The summed E-state index contributed by atoms with van der Waals surface area (Å²) >= 11 is 0. The summed E-state index contributed by atoms with van der Waals surface area (Å²) < 4.78 is 0. The van der Waals surface area contributed by atoms with Crippen molar-refractivity contribution in [1.29, 1.82) is 0 Å². The Hall–Kier alpha value is -2.43. The number of aromatic amines is 1. The van der Waals surface area contributed by atoms with Gasteiger partial charge in [-0.1, -0.05) is 12.1 Å². The smallest absolute Gasteiger partial charge is 0.262 e. The van der Waals surface area contributed by atoms with Crippen molar-refractivity contribution in [2.75, 3.05) is 0 Å². The second-order valence-corrected chi connectivity index (χ2v) is 4.68. The molecule has 2 heterocycles. The molecule has 5 heteroatoms. The number of carbonyl (C=O) groups is 2. The van der Waals surface area contributed by atoms with E-state index in [0.29, 0.717) is 17.0 Å². The van der Waals surface area contributed by atoms with E-state index in [1.54, 1.807) is 12.4 Å². The second kappa shape index (κ2) is 4.05. The minimum absolute atomic E-state index is 0.179. The van der Waals surface area contributed by atoms with E-state index in [4.69, 9.17) is 0 Å². The third-order valence-corrected chi connectivity index (χ3v) is 3.40. The highest BCUT2D eigenvalue weighted by Gasteiger charge is 2.38. The number of imidazole rings is 1. The van der Waals surface area contributed by atoms with Crippen molar-refractivity contribution in [3.05, 3.63) is 52.6 Å². The average Bonchev–Trinajstić information content (AvgIpc) is 2.97. The van der Waals surface area contributed by atoms with Gasteiger partial charge in [0.2, 0.25) is 0 Å². The first-order chi connectivity index (χ1) is 9.09. The monoisotopic (exact) mass is 255 g/mol. The van der Waals surface area contributed by atoms with Gasteiger partial charge in [0, 0.05) is 12.4 Å². The summed E-state index contributed by atoms with van der Waals surface area (Å²) in [5, 5.41) is 0. The number of aryl methyl sites for hydroxylation is 2. The molecule has 5 nitrogen and oxygen atoms in total. The fourth-order valence-corrected chi connectivity index (χ4v) is 2.40. The van der Waals surface area contributed by atoms with E-state index in [1.165, 1.54) is 4.90 Å². The number of nitrogens with one attached hydrogen (secondary N) is 1. The van der Waals surface area contributed by atoms with E-state index in [2.05, 4.69) is 9.97 Å². The molecular formula is C14H13N3O2. The molecule has 0 radical (unpaired) electrons. The molecule has 2 aromatic rings. The highest BCUT2D eigenvalue weighted by atomic mass is 16.2. The van der Waals surface area contributed by atoms with E-state index in [-0.39, 0.29) is 18.4 Å². The maximum absolute atomic E-state index is 12.4. The Kier molecular flexibility index (Phi) is 2.48. The van der Waals surface area contributed by atoms with E-state index in [0.717, 1.165) is 11.1 Å². The highest BCUT2D eigenvalue weighted by Crippen LogP contribution is 2.29. The van der Waals surface area contributed by atoms with Gasteiger partial charge in [-0.25, -0.2) is 4.98 Å². The fourth-order valence-electron chi connectivity index (χ4n) is 2.40. The molecule has 1 aromatic carbocycles. The quantitative estimate of drug-likeness (QED) is 0.832. The fraction of sp³-hybridized carbons (Fsp3) is 0.214. The summed E-state index contributed by atoms with van der Waals surface area (Å²) in [5.41, 5.74) is 2.72. The largest absolute Gasteiger partial charge is 0.347 e. The zero-order valence-corrected chi connectivity index (χ0v) is 10.7. The Morgan fingerprint density at radius 3 is 2.16 bits per heavy atom. The standard InChI is InChI=1S/C14H13N3O2/c1-8-3-4-9(2)12-11(8)13(18)17(14(12)19)7-10-15-5-6-16-10/h3-6H,7H2,1-2H3,(H,15,16). The lowest BCUT2D eigenvalue weighted by molar-refractivity contribution is 0.0638. The molecule has 0 unspecified atom stereocenters. The number of hydrogen-bond donors (Lipinski definition) is 1. The number of rotatable bonds is 2. The molecule has 1 aliphatic rings. The molecule has 0 aliphatic carbocycles. The predicted molar refractivity (Wildman–Crippen MR) is 68.7 cm³/mol. The number of H-pyrrole nitrogens is 1. The topological polar surface area (TPSA) is 66.1 Å². The molecule has 0 bridgehead atoms. The van der Waals surface area contributed by atoms with Gasteiger partial charge in [-0.3, -0.25) is 14.5 Å². The number of amides is 2. The number of benzene rings is 1. The number of imide groups is 1. The molecule has 0 spiro atoms. The van der Waals surface area contributed by atoms with Crippen LogP contribution in [0.25, 0.3) is 0 Å². The van der Waals surface area contributed by atoms with Gasteiger partial charge < -0.3 is 4.98 Å². The minimum Gasteiger partial charge on any atom is -0.347 e. The Bertz CT molecular complexity index is 633. The second-order valence-electron chi connectivity index (χ2n) is 4.68. The van der Waals surface area contributed by atoms with Gasteiger partial charge >= 0.3 is 0 Å². The lowest BCUT2D eigenvalue weighted by atomic mass is 9.99. The van der Waals surface area contributed by atoms with Gasteiger partial charge in [-0.05, 0) is 25.0 Å². The van der Waals surface area contributed by atoms with Crippen LogP contribution in [0, 0.1) is 13.8 Å². The van der Waals surface area contributed by atoms with Crippen LogP contribution in [0.15, 0.2) is 24.5 Å².